The molecule has 0 spiro atoms. The van der Waals surface area contributed by atoms with Gasteiger partial charge < -0.3 is 14.8 Å². The van der Waals surface area contributed by atoms with Crippen LogP contribution in [0.3, 0.4) is 0 Å². The molecule has 1 N–H and O–H groups in total. The number of para-hydroxylation sites is 1. The van der Waals surface area contributed by atoms with Crippen LogP contribution >= 0.6 is 11.3 Å². The first-order chi connectivity index (χ1) is 19.2. The van der Waals surface area contributed by atoms with Crippen molar-refractivity contribution < 1.29 is 14.3 Å². The molecule has 4 aromatic rings. The van der Waals surface area contributed by atoms with Crippen LogP contribution in [0, 0.1) is 6.92 Å². The molecule has 0 radical (unpaired) electrons. The molecule has 0 unspecified atom stereocenters. The number of thiazole rings is 1. The van der Waals surface area contributed by atoms with Gasteiger partial charge in [-0.15, -0.1) is 0 Å². The van der Waals surface area contributed by atoms with E-state index in [1.165, 1.54) is 11.3 Å². The molecule has 1 aliphatic heterocycles. The van der Waals surface area contributed by atoms with Gasteiger partial charge in [-0.1, -0.05) is 65.4 Å². The summed E-state index contributed by atoms with van der Waals surface area (Å²) in [6.07, 6.45) is 1.82. The summed E-state index contributed by atoms with van der Waals surface area (Å²) < 4.78 is 13.5. The Bertz CT molecular complexity index is 1770. The van der Waals surface area contributed by atoms with Gasteiger partial charge in [0.25, 0.3) is 11.5 Å². The van der Waals surface area contributed by atoms with E-state index < -0.39 is 6.04 Å². The summed E-state index contributed by atoms with van der Waals surface area (Å²) in [6.45, 7) is 7.73. The van der Waals surface area contributed by atoms with E-state index in [0.29, 0.717) is 37.8 Å². The number of ether oxygens (including phenoxy) is 2. The van der Waals surface area contributed by atoms with Gasteiger partial charge in [-0.05, 0) is 69.2 Å². The van der Waals surface area contributed by atoms with Crippen molar-refractivity contribution in [2.75, 3.05) is 12.4 Å². The highest BCUT2D eigenvalue weighted by molar-refractivity contribution is 7.07. The van der Waals surface area contributed by atoms with Gasteiger partial charge in [-0.25, -0.2) is 4.99 Å². The third-order valence-electron chi connectivity index (χ3n) is 6.54. The average Bonchev–Trinajstić information content (AvgIpc) is 3.23. The standard InChI is InChI=1S/C32H31N3O4S/c1-19(2)39-25-16-13-22(17-26(25)38-5)18-27-31(37)35-29(23-14-11-20(3)12-15-23)28(21(4)33-32(35)40-27)30(36)34-24-9-7-6-8-10-24/h6-19,29H,1-5H3,(H,34,36)/b27-18-/t29-/m0/s1. The van der Waals surface area contributed by atoms with Crippen LogP contribution < -0.4 is 29.7 Å². The van der Waals surface area contributed by atoms with E-state index in [9.17, 15) is 9.59 Å². The molecule has 7 nitrogen and oxygen atoms in total. The smallest absolute Gasteiger partial charge is 0.271 e. The van der Waals surface area contributed by atoms with Gasteiger partial charge in [0.2, 0.25) is 0 Å². The summed E-state index contributed by atoms with van der Waals surface area (Å²) in [5.41, 5.74) is 4.18. The van der Waals surface area contributed by atoms with E-state index in [4.69, 9.17) is 14.5 Å². The lowest BCUT2D eigenvalue weighted by molar-refractivity contribution is -0.113. The van der Waals surface area contributed by atoms with Gasteiger partial charge in [0.1, 0.15) is 0 Å². The van der Waals surface area contributed by atoms with Crippen molar-refractivity contribution in [1.29, 1.82) is 0 Å². The molecule has 1 aromatic heterocycles. The fourth-order valence-electron chi connectivity index (χ4n) is 4.67. The number of nitrogens with one attached hydrogen (secondary N) is 1. The summed E-state index contributed by atoms with van der Waals surface area (Å²) in [5.74, 6) is 0.932. The number of hydrogen-bond acceptors (Lipinski definition) is 6. The first kappa shape index (κ1) is 27.1. The molecule has 1 amide bonds. The molecule has 1 aliphatic rings. The number of carbonyl (C=O) groups is 1. The maximum absolute atomic E-state index is 13.9. The minimum Gasteiger partial charge on any atom is -0.493 e. The van der Waals surface area contributed by atoms with Crippen LogP contribution in [0.2, 0.25) is 0 Å². The lowest BCUT2D eigenvalue weighted by Crippen LogP contribution is -2.40. The monoisotopic (exact) mass is 553 g/mol. The molecule has 5 rings (SSSR count). The number of carbonyl (C=O) groups excluding carboxylic acids is 1. The Morgan fingerprint density at radius 2 is 1.75 bits per heavy atom. The van der Waals surface area contributed by atoms with Crippen molar-refractivity contribution in [1.82, 2.24) is 4.57 Å². The summed E-state index contributed by atoms with van der Waals surface area (Å²) >= 11 is 1.30. The van der Waals surface area contributed by atoms with Crippen molar-refractivity contribution in [2.24, 2.45) is 4.99 Å². The van der Waals surface area contributed by atoms with Crippen LogP contribution in [0.4, 0.5) is 5.69 Å². The highest BCUT2D eigenvalue weighted by Crippen LogP contribution is 2.31. The second kappa shape index (κ2) is 11.4. The Morgan fingerprint density at radius 1 is 1.02 bits per heavy atom. The van der Waals surface area contributed by atoms with Gasteiger partial charge in [-0.2, -0.15) is 0 Å². The summed E-state index contributed by atoms with van der Waals surface area (Å²) in [7, 11) is 1.59. The molecule has 0 saturated heterocycles. The van der Waals surface area contributed by atoms with E-state index in [-0.39, 0.29) is 17.6 Å². The molecule has 0 fully saturated rings. The zero-order valence-electron chi connectivity index (χ0n) is 23.1. The van der Waals surface area contributed by atoms with E-state index in [2.05, 4.69) is 5.32 Å². The fourth-order valence-corrected chi connectivity index (χ4v) is 5.72. The molecule has 8 heteroatoms. The molecular weight excluding hydrogens is 522 g/mol. The second-order valence-electron chi connectivity index (χ2n) is 9.89. The number of aromatic nitrogens is 1. The van der Waals surface area contributed by atoms with Crippen molar-refractivity contribution in [3.05, 3.63) is 120 Å². The minimum atomic E-state index is -0.626. The molecule has 3 aromatic carbocycles. The fraction of sp³-hybridized carbons (Fsp3) is 0.219. The second-order valence-corrected chi connectivity index (χ2v) is 10.9. The van der Waals surface area contributed by atoms with Gasteiger partial charge in [0.05, 0.1) is 35.1 Å². The van der Waals surface area contributed by atoms with Crippen molar-refractivity contribution in [3.8, 4) is 11.5 Å². The first-order valence-corrected chi connectivity index (χ1v) is 13.9. The first-order valence-electron chi connectivity index (χ1n) is 13.1. The Hall–Kier alpha value is -4.43. The minimum absolute atomic E-state index is 0.00161. The maximum atomic E-state index is 13.9. The molecule has 2 heterocycles. The largest absolute Gasteiger partial charge is 0.493 e. The third kappa shape index (κ3) is 5.49. The maximum Gasteiger partial charge on any atom is 0.271 e. The lowest BCUT2D eigenvalue weighted by Gasteiger charge is -2.25. The van der Waals surface area contributed by atoms with Gasteiger partial charge in [-0.3, -0.25) is 14.2 Å². The number of fused-ring (bicyclic) bond motifs is 1. The lowest BCUT2D eigenvalue weighted by atomic mass is 9.94. The number of aryl methyl sites for hydroxylation is 1. The number of benzene rings is 3. The zero-order valence-corrected chi connectivity index (χ0v) is 23.9. The van der Waals surface area contributed by atoms with Crippen LogP contribution in [0.5, 0.6) is 11.5 Å². The number of nitrogens with zero attached hydrogens (tertiary/aromatic N) is 2. The molecule has 0 aliphatic carbocycles. The topological polar surface area (TPSA) is 81.9 Å². The number of allylic oxidation sites excluding steroid dienone is 1. The number of amides is 1. The SMILES string of the molecule is COc1cc(/C=c2\sc3n(c2=O)[C@@H](c2ccc(C)cc2)C(C(=O)Nc2ccccc2)=C(C)N=3)ccc1OC(C)C. The van der Waals surface area contributed by atoms with Crippen molar-refractivity contribution >= 4 is 29.0 Å². The Labute approximate surface area is 236 Å². The van der Waals surface area contributed by atoms with Gasteiger partial charge >= 0.3 is 0 Å². The Morgan fingerprint density at radius 3 is 2.42 bits per heavy atom. The normalized spacial score (nSPS) is 15.1. The molecule has 1 atom stereocenters. The van der Waals surface area contributed by atoms with Crippen LogP contribution in [0.25, 0.3) is 6.08 Å². The summed E-state index contributed by atoms with van der Waals surface area (Å²) in [5, 5.41) is 2.98. The van der Waals surface area contributed by atoms with E-state index in [0.717, 1.165) is 16.7 Å². The highest BCUT2D eigenvalue weighted by atomic mass is 32.1. The number of anilines is 1. The Balaban J connectivity index is 1.63. The molecule has 0 saturated carbocycles. The van der Waals surface area contributed by atoms with Crippen LogP contribution in [0.15, 0.2) is 93.9 Å². The number of methoxy groups -OCH3 is 1. The molecule has 40 heavy (non-hydrogen) atoms. The average molecular weight is 554 g/mol. The quantitative estimate of drug-likeness (QED) is 0.350. The van der Waals surface area contributed by atoms with E-state index in [1.807, 2.05) is 107 Å². The molecule has 0 bridgehead atoms. The van der Waals surface area contributed by atoms with Crippen molar-refractivity contribution in [3.63, 3.8) is 0 Å². The van der Waals surface area contributed by atoms with Crippen LogP contribution in [-0.2, 0) is 4.79 Å². The summed E-state index contributed by atoms with van der Waals surface area (Å²) in [6, 6.07) is 22.1. The summed E-state index contributed by atoms with van der Waals surface area (Å²) in [4.78, 5) is 32.9. The number of hydrogen-bond donors (Lipinski definition) is 1. The van der Waals surface area contributed by atoms with Crippen molar-refractivity contribution in [2.45, 2.75) is 39.8 Å². The predicted molar refractivity (Wildman–Crippen MR) is 159 cm³/mol. The highest BCUT2D eigenvalue weighted by Gasteiger charge is 2.32. The van der Waals surface area contributed by atoms with Crippen LogP contribution in [-0.4, -0.2) is 23.7 Å². The zero-order chi connectivity index (χ0) is 28.4. The number of rotatable bonds is 7. The third-order valence-corrected chi connectivity index (χ3v) is 7.52. The van der Waals surface area contributed by atoms with E-state index >= 15 is 0 Å². The Kier molecular flexibility index (Phi) is 7.71. The van der Waals surface area contributed by atoms with E-state index in [1.54, 1.807) is 11.7 Å². The molecule has 204 valence electrons. The van der Waals surface area contributed by atoms with Crippen LogP contribution in [0.1, 0.15) is 43.5 Å². The molecular formula is C32H31N3O4S. The van der Waals surface area contributed by atoms with Gasteiger partial charge in [0, 0.05) is 5.69 Å². The predicted octanol–water partition coefficient (Wildman–Crippen LogP) is 4.98. The van der Waals surface area contributed by atoms with Gasteiger partial charge in [0.15, 0.2) is 16.3 Å².